The number of methoxy groups -OCH3 is 1. The minimum absolute atomic E-state index is 0.00323. The molecule has 0 aliphatic carbocycles. The number of nitrogens with zero attached hydrogens (tertiary/aromatic N) is 5. The van der Waals surface area contributed by atoms with Crippen molar-refractivity contribution in [2.75, 3.05) is 26.9 Å². The number of carbonyl (C=O) groups excluding carboxylic acids is 1. The lowest BCUT2D eigenvalue weighted by atomic mass is 10.0. The van der Waals surface area contributed by atoms with Crippen molar-refractivity contribution in [3.63, 3.8) is 0 Å². The van der Waals surface area contributed by atoms with Crippen molar-refractivity contribution < 1.29 is 36.9 Å². The predicted molar refractivity (Wildman–Crippen MR) is 180 cm³/mol. The molecule has 0 unspecified atom stereocenters. The molecule has 0 amide bonds. The number of halogens is 3. The summed E-state index contributed by atoms with van der Waals surface area (Å²) >= 11 is 0. The van der Waals surface area contributed by atoms with E-state index < -0.39 is 23.4 Å². The number of carbonyl (C=O) groups is 1. The number of ether oxygens (including phenoxy) is 4. The molecule has 0 bridgehead atoms. The van der Waals surface area contributed by atoms with Crippen LogP contribution in [0, 0.1) is 17.5 Å². The first-order chi connectivity index (χ1) is 24.8. The quantitative estimate of drug-likeness (QED) is 0.138. The second-order valence-corrected chi connectivity index (χ2v) is 12.6. The van der Waals surface area contributed by atoms with Gasteiger partial charge in [-0.2, -0.15) is 5.10 Å². The molecular weight excluding hydrogens is 663 g/mol. The van der Waals surface area contributed by atoms with E-state index in [1.165, 1.54) is 13.2 Å². The summed E-state index contributed by atoms with van der Waals surface area (Å²) in [5.74, 6) is -1.63. The average Bonchev–Trinajstić information content (AvgIpc) is 3.70. The van der Waals surface area contributed by atoms with E-state index in [0.717, 1.165) is 24.1 Å². The number of imidazole rings is 1. The summed E-state index contributed by atoms with van der Waals surface area (Å²) in [4.78, 5) is 21.3. The van der Waals surface area contributed by atoms with Gasteiger partial charge in [0.15, 0.2) is 0 Å². The molecule has 6 aromatic rings. The lowest BCUT2D eigenvalue weighted by Gasteiger charge is -2.27. The van der Waals surface area contributed by atoms with E-state index in [1.54, 1.807) is 54.7 Å². The molecule has 10 nitrogen and oxygen atoms in total. The summed E-state index contributed by atoms with van der Waals surface area (Å²) < 4.78 is 71.6. The molecule has 0 radical (unpaired) electrons. The highest BCUT2D eigenvalue weighted by Gasteiger charge is 2.24. The van der Waals surface area contributed by atoms with Crippen LogP contribution in [-0.2, 0) is 33.8 Å². The fourth-order valence-corrected chi connectivity index (χ4v) is 6.18. The number of fused-ring (bicyclic) bond motifs is 1. The Kier molecular flexibility index (Phi) is 8.74. The van der Waals surface area contributed by atoms with Crippen LogP contribution in [0.2, 0.25) is 0 Å². The largest absolute Gasteiger partial charge is 0.473 e. The Hall–Kier alpha value is -5.53. The van der Waals surface area contributed by atoms with Crippen molar-refractivity contribution in [3.05, 3.63) is 119 Å². The van der Waals surface area contributed by atoms with Crippen LogP contribution in [0.25, 0.3) is 33.4 Å². The van der Waals surface area contributed by atoms with E-state index in [9.17, 15) is 4.79 Å². The van der Waals surface area contributed by atoms with Crippen molar-refractivity contribution in [1.82, 2.24) is 24.3 Å². The molecule has 2 aliphatic heterocycles. The van der Waals surface area contributed by atoms with Gasteiger partial charge in [0.2, 0.25) is 5.88 Å². The zero-order chi connectivity index (χ0) is 35.1. The molecule has 51 heavy (non-hydrogen) atoms. The summed E-state index contributed by atoms with van der Waals surface area (Å²) in [7, 11) is 1.31. The van der Waals surface area contributed by atoms with E-state index in [0.29, 0.717) is 59.9 Å². The third kappa shape index (κ3) is 6.57. The number of esters is 1. The molecule has 8 rings (SSSR count). The second kappa shape index (κ2) is 13.6. The minimum Gasteiger partial charge on any atom is -0.473 e. The van der Waals surface area contributed by atoms with Gasteiger partial charge >= 0.3 is 5.97 Å². The Morgan fingerprint density at radius 2 is 1.78 bits per heavy atom. The van der Waals surface area contributed by atoms with Crippen LogP contribution in [0.15, 0.2) is 79.1 Å². The molecule has 2 aliphatic rings. The number of rotatable bonds is 11. The van der Waals surface area contributed by atoms with Gasteiger partial charge in [0.05, 0.1) is 67.5 Å². The lowest BCUT2D eigenvalue weighted by molar-refractivity contribution is -0.0589. The number of pyridine rings is 1. The Balaban J connectivity index is 0.992. The molecule has 0 spiro atoms. The maximum absolute atomic E-state index is 15.7. The summed E-state index contributed by atoms with van der Waals surface area (Å²) in [6.07, 6.45) is 4.36. The highest BCUT2D eigenvalue weighted by atomic mass is 19.1. The summed E-state index contributed by atoms with van der Waals surface area (Å²) in [6.45, 7) is 2.20. The van der Waals surface area contributed by atoms with Crippen molar-refractivity contribution in [1.29, 1.82) is 0 Å². The zero-order valence-electron chi connectivity index (χ0n) is 27.5. The summed E-state index contributed by atoms with van der Waals surface area (Å²) in [5.41, 5.74) is 3.63. The van der Waals surface area contributed by atoms with Crippen molar-refractivity contribution in [2.24, 2.45) is 0 Å². The molecular formula is C38H32F3N5O5. The molecule has 5 heterocycles. The van der Waals surface area contributed by atoms with Crippen LogP contribution in [-0.4, -0.2) is 63.3 Å². The average molecular weight is 696 g/mol. The van der Waals surface area contributed by atoms with Crippen LogP contribution in [0.1, 0.15) is 39.8 Å². The normalized spacial score (nSPS) is 15.8. The first kappa shape index (κ1) is 32.7. The van der Waals surface area contributed by atoms with Crippen molar-refractivity contribution in [2.45, 2.75) is 38.1 Å². The fourth-order valence-electron chi connectivity index (χ4n) is 6.18. The first-order valence-electron chi connectivity index (χ1n) is 16.5. The van der Waals surface area contributed by atoms with Gasteiger partial charge in [0, 0.05) is 42.0 Å². The molecule has 260 valence electrons. The van der Waals surface area contributed by atoms with E-state index in [4.69, 9.17) is 23.9 Å². The number of hydrogen-bond acceptors (Lipinski definition) is 8. The van der Waals surface area contributed by atoms with E-state index >= 15 is 13.2 Å². The standard InChI is InChI=1S/C38H32F3N5O5/c1-48-38(47)23-7-8-34-35(13-23)45(18-28-9-10-50-28)36(43-34)14-25-12-32(41)29(15-31(25)40)33-3-2-4-37(44-33)51-19-24-6-5-22(11-30(24)39)26-16-42-46(17-26)27-20-49-21-27/h2-8,11-13,15-17,27-28H,9-10,14,18-21H2,1H3/t28-/m0/s1. The maximum Gasteiger partial charge on any atom is 0.337 e. The van der Waals surface area contributed by atoms with Gasteiger partial charge in [0.1, 0.15) is 29.9 Å². The highest BCUT2D eigenvalue weighted by Crippen LogP contribution is 2.30. The SMILES string of the molecule is COC(=O)c1ccc2nc(Cc3cc(F)c(-c4cccc(OCc5ccc(-c6cnn(C7COC7)c6)cc5F)n4)cc3F)n(C[C@@H]3CCO3)c2c1. The monoisotopic (exact) mass is 695 g/mol. The Morgan fingerprint density at radius 1 is 0.941 bits per heavy atom. The van der Waals surface area contributed by atoms with Crippen LogP contribution < -0.4 is 4.74 Å². The third-order valence-electron chi connectivity index (χ3n) is 9.27. The molecule has 13 heteroatoms. The second-order valence-electron chi connectivity index (χ2n) is 12.6. The number of benzene rings is 3. The minimum atomic E-state index is -0.677. The third-order valence-corrected chi connectivity index (χ3v) is 9.27. The summed E-state index contributed by atoms with van der Waals surface area (Å²) in [6, 6.07) is 17.0. The van der Waals surface area contributed by atoms with Crippen LogP contribution in [0.4, 0.5) is 13.2 Å². The molecule has 0 N–H and O–H groups in total. The van der Waals surface area contributed by atoms with Gasteiger partial charge < -0.3 is 23.5 Å². The van der Waals surface area contributed by atoms with Gasteiger partial charge in [0.25, 0.3) is 0 Å². The Bertz CT molecular complexity index is 2260. The zero-order valence-corrected chi connectivity index (χ0v) is 27.5. The summed E-state index contributed by atoms with van der Waals surface area (Å²) in [5, 5.41) is 4.36. The van der Waals surface area contributed by atoms with Crippen LogP contribution in [0.3, 0.4) is 0 Å². The van der Waals surface area contributed by atoms with Crippen molar-refractivity contribution in [3.8, 4) is 28.3 Å². The molecule has 0 saturated carbocycles. The maximum atomic E-state index is 15.7. The topological polar surface area (TPSA) is 103 Å². The molecule has 2 saturated heterocycles. The predicted octanol–water partition coefficient (Wildman–Crippen LogP) is 6.70. The molecule has 3 aromatic heterocycles. The van der Waals surface area contributed by atoms with Gasteiger partial charge in [-0.05, 0) is 60.0 Å². The van der Waals surface area contributed by atoms with Gasteiger partial charge in [-0.15, -0.1) is 0 Å². The molecule has 2 fully saturated rings. The smallest absolute Gasteiger partial charge is 0.337 e. The molecule has 3 aromatic carbocycles. The van der Waals surface area contributed by atoms with Crippen molar-refractivity contribution >= 4 is 17.0 Å². The first-order valence-corrected chi connectivity index (χ1v) is 16.5. The number of hydrogen-bond donors (Lipinski definition) is 0. The van der Waals surface area contributed by atoms with E-state index in [2.05, 4.69) is 10.1 Å². The van der Waals surface area contributed by atoms with Gasteiger partial charge in [-0.3, -0.25) is 4.68 Å². The van der Waals surface area contributed by atoms with Crippen LogP contribution >= 0.6 is 0 Å². The lowest BCUT2D eigenvalue weighted by Crippen LogP contribution is -2.31. The van der Waals surface area contributed by atoms with Gasteiger partial charge in [-0.1, -0.05) is 18.2 Å². The van der Waals surface area contributed by atoms with E-state index in [-0.39, 0.29) is 47.9 Å². The van der Waals surface area contributed by atoms with Crippen LogP contribution in [0.5, 0.6) is 5.88 Å². The number of aromatic nitrogens is 5. The van der Waals surface area contributed by atoms with E-state index in [1.807, 2.05) is 15.4 Å². The highest BCUT2D eigenvalue weighted by molar-refractivity contribution is 5.93. The fraction of sp³-hybridized carbons (Fsp3) is 0.263. The van der Waals surface area contributed by atoms with Gasteiger partial charge in [-0.25, -0.2) is 27.9 Å². The Labute approximate surface area is 290 Å². The Morgan fingerprint density at radius 3 is 2.53 bits per heavy atom. The molecule has 1 atom stereocenters.